The van der Waals surface area contributed by atoms with Gasteiger partial charge in [-0.2, -0.15) is 0 Å². The summed E-state index contributed by atoms with van der Waals surface area (Å²) >= 11 is 0. The van der Waals surface area contributed by atoms with Crippen LogP contribution in [-0.4, -0.2) is 23.1 Å². The first-order valence-electron chi connectivity index (χ1n) is 4.27. The Morgan fingerprint density at radius 1 is 1.31 bits per heavy atom. The fraction of sp³-hybridized carbons (Fsp3) is 0.333. The Morgan fingerprint density at radius 3 is 2.31 bits per heavy atom. The van der Waals surface area contributed by atoms with E-state index in [1.807, 2.05) is 31.2 Å². The van der Waals surface area contributed by atoms with E-state index in [-0.39, 0.29) is 0 Å². The molecule has 1 aromatic carbocycles. The van der Waals surface area contributed by atoms with Gasteiger partial charge in [-0.15, -0.1) is 0 Å². The minimum atomic E-state index is -1.44. The van der Waals surface area contributed by atoms with Crippen molar-refractivity contribution in [3.8, 4) is 0 Å². The second-order valence-electron chi connectivity index (χ2n) is 3.27. The Kier molecular flexibility index (Phi) is 3.48. The molecular formula is C9H14BNO2. The molecule has 1 rings (SSSR count). The molecule has 4 N–H and O–H groups in total. The SMILES string of the molecule is Cc1ccc(CC(N)B(O)O)cc1. The summed E-state index contributed by atoms with van der Waals surface area (Å²) in [6.45, 7) is 2.00. The molecule has 0 fully saturated rings. The Balaban J connectivity index is 2.59. The van der Waals surface area contributed by atoms with Crippen LogP contribution in [-0.2, 0) is 6.42 Å². The molecule has 1 atom stereocenters. The first kappa shape index (κ1) is 10.2. The molecular weight excluding hydrogens is 165 g/mol. The van der Waals surface area contributed by atoms with Crippen LogP contribution in [0.15, 0.2) is 24.3 Å². The van der Waals surface area contributed by atoms with Crippen molar-refractivity contribution in [3.05, 3.63) is 35.4 Å². The fourth-order valence-corrected chi connectivity index (χ4v) is 1.10. The third-order valence-electron chi connectivity index (χ3n) is 1.97. The first-order chi connectivity index (χ1) is 6.09. The number of benzene rings is 1. The van der Waals surface area contributed by atoms with Crippen LogP contribution in [0.5, 0.6) is 0 Å². The zero-order valence-corrected chi connectivity index (χ0v) is 7.64. The van der Waals surface area contributed by atoms with Crippen molar-refractivity contribution in [2.45, 2.75) is 19.3 Å². The van der Waals surface area contributed by atoms with Gasteiger partial charge in [0.2, 0.25) is 0 Å². The second-order valence-corrected chi connectivity index (χ2v) is 3.27. The van der Waals surface area contributed by atoms with Crippen LogP contribution < -0.4 is 5.73 Å². The van der Waals surface area contributed by atoms with E-state index < -0.39 is 13.1 Å². The summed E-state index contributed by atoms with van der Waals surface area (Å²) < 4.78 is 0. The molecule has 0 spiro atoms. The monoisotopic (exact) mass is 179 g/mol. The van der Waals surface area contributed by atoms with E-state index >= 15 is 0 Å². The molecule has 0 amide bonds. The van der Waals surface area contributed by atoms with E-state index in [1.54, 1.807) is 0 Å². The maximum atomic E-state index is 8.77. The quantitative estimate of drug-likeness (QED) is 0.566. The molecule has 0 bridgehead atoms. The van der Waals surface area contributed by atoms with Gasteiger partial charge in [-0.05, 0) is 18.9 Å². The Morgan fingerprint density at radius 2 is 1.85 bits per heavy atom. The Hall–Kier alpha value is -0.835. The smallest absolute Gasteiger partial charge is 0.426 e. The summed E-state index contributed by atoms with van der Waals surface area (Å²) in [4.78, 5) is 0. The van der Waals surface area contributed by atoms with Gasteiger partial charge in [0.25, 0.3) is 0 Å². The summed E-state index contributed by atoms with van der Waals surface area (Å²) in [6.07, 6.45) is 0.484. The predicted molar refractivity (Wildman–Crippen MR) is 53.1 cm³/mol. The van der Waals surface area contributed by atoms with Crippen LogP contribution in [0, 0.1) is 6.92 Å². The fourth-order valence-electron chi connectivity index (χ4n) is 1.10. The van der Waals surface area contributed by atoms with Crippen LogP contribution in [0.3, 0.4) is 0 Å². The van der Waals surface area contributed by atoms with Crippen molar-refractivity contribution < 1.29 is 10.0 Å². The number of nitrogens with two attached hydrogens (primary N) is 1. The van der Waals surface area contributed by atoms with E-state index in [0.29, 0.717) is 6.42 Å². The van der Waals surface area contributed by atoms with Crippen LogP contribution >= 0.6 is 0 Å². The van der Waals surface area contributed by atoms with Crippen LogP contribution in [0.1, 0.15) is 11.1 Å². The minimum absolute atomic E-state index is 0.484. The lowest BCUT2D eigenvalue weighted by Crippen LogP contribution is -2.40. The van der Waals surface area contributed by atoms with Gasteiger partial charge in [0.15, 0.2) is 0 Å². The molecule has 0 aromatic heterocycles. The average molecular weight is 179 g/mol. The van der Waals surface area contributed by atoms with Crippen molar-refractivity contribution in [2.75, 3.05) is 0 Å². The molecule has 0 saturated heterocycles. The summed E-state index contributed by atoms with van der Waals surface area (Å²) in [6, 6.07) is 7.84. The van der Waals surface area contributed by atoms with Gasteiger partial charge in [-0.25, -0.2) is 0 Å². The molecule has 1 unspecified atom stereocenters. The van der Waals surface area contributed by atoms with Gasteiger partial charge < -0.3 is 15.8 Å². The highest BCUT2D eigenvalue weighted by Gasteiger charge is 2.18. The largest absolute Gasteiger partial charge is 0.469 e. The van der Waals surface area contributed by atoms with Crippen molar-refractivity contribution in [3.63, 3.8) is 0 Å². The predicted octanol–water partition coefficient (Wildman–Crippen LogP) is -0.123. The Bertz CT molecular complexity index is 261. The zero-order chi connectivity index (χ0) is 9.84. The Labute approximate surface area is 78.3 Å². The molecule has 0 heterocycles. The lowest BCUT2D eigenvalue weighted by Gasteiger charge is -2.09. The van der Waals surface area contributed by atoms with Crippen LogP contribution in [0.25, 0.3) is 0 Å². The summed E-state index contributed by atoms with van der Waals surface area (Å²) in [5.41, 5.74) is 7.69. The highest BCUT2D eigenvalue weighted by molar-refractivity contribution is 6.43. The molecule has 0 aliphatic rings. The summed E-state index contributed by atoms with van der Waals surface area (Å²) in [7, 11) is -1.44. The molecule has 70 valence electrons. The molecule has 13 heavy (non-hydrogen) atoms. The minimum Gasteiger partial charge on any atom is -0.426 e. The van der Waals surface area contributed by atoms with Gasteiger partial charge in [0.05, 0.1) is 0 Å². The van der Waals surface area contributed by atoms with Crippen molar-refractivity contribution >= 4 is 7.12 Å². The number of hydrogen-bond acceptors (Lipinski definition) is 3. The number of hydrogen-bond donors (Lipinski definition) is 3. The summed E-state index contributed by atoms with van der Waals surface area (Å²) in [5, 5.41) is 17.5. The van der Waals surface area contributed by atoms with Gasteiger partial charge in [0, 0.05) is 5.94 Å². The van der Waals surface area contributed by atoms with E-state index in [1.165, 1.54) is 5.56 Å². The standard InChI is InChI=1S/C9H14BNO2/c1-7-2-4-8(5-3-7)6-9(11)10(12)13/h2-5,9,12-13H,6,11H2,1H3. The van der Waals surface area contributed by atoms with Gasteiger partial charge >= 0.3 is 7.12 Å². The molecule has 3 nitrogen and oxygen atoms in total. The zero-order valence-electron chi connectivity index (χ0n) is 7.64. The number of aryl methyl sites for hydroxylation is 1. The second kappa shape index (κ2) is 4.41. The molecule has 4 heteroatoms. The first-order valence-corrected chi connectivity index (χ1v) is 4.27. The molecule has 0 radical (unpaired) electrons. The van der Waals surface area contributed by atoms with Crippen molar-refractivity contribution in [1.82, 2.24) is 0 Å². The maximum Gasteiger partial charge on any atom is 0.469 e. The van der Waals surface area contributed by atoms with E-state index in [4.69, 9.17) is 15.8 Å². The highest BCUT2D eigenvalue weighted by atomic mass is 16.4. The molecule has 0 aliphatic heterocycles. The van der Waals surface area contributed by atoms with E-state index in [9.17, 15) is 0 Å². The topological polar surface area (TPSA) is 66.5 Å². The summed E-state index contributed by atoms with van der Waals surface area (Å²) in [5.74, 6) is -0.609. The van der Waals surface area contributed by atoms with Crippen molar-refractivity contribution in [1.29, 1.82) is 0 Å². The molecule has 1 aromatic rings. The van der Waals surface area contributed by atoms with Gasteiger partial charge in [-0.1, -0.05) is 29.8 Å². The normalized spacial score (nSPS) is 12.6. The third-order valence-corrected chi connectivity index (χ3v) is 1.97. The third kappa shape index (κ3) is 3.18. The van der Waals surface area contributed by atoms with Crippen LogP contribution in [0.4, 0.5) is 0 Å². The van der Waals surface area contributed by atoms with E-state index in [0.717, 1.165) is 5.56 Å². The molecule has 0 aliphatic carbocycles. The van der Waals surface area contributed by atoms with Crippen LogP contribution in [0.2, 0.25) is 0 Å². The van der Waals surface area contributed by atoms with Gasteiger partial charge in [0.1, 0.15) is 0 Å². The van der Waals surface area contributed by atoms with Gasteiger partial charge in [-0.3, -0.25) is 0 Å². The van der Waals surface area contributed by atoms with E-state index in [2.05, 4.69) is 0 Å². The average Bonchev–Trinajstić information content (AvgIpc) is 2.08. The number of rotatable bonds is 3. The van der Waals surface area contributed by atoms with Crippen molar-refractivity contribution in [2.24, 2.45) is 5.73 Å². The lowest BCUT2D eigenvalue weighted by atomic mass is 9.77. The highest BCUT2D eigenvalue weighted by Crippen LogP contribution is 2.05. The lowest BCUT2D eigenvalue weighted by molar-refractivity contribution is 0.386. The maximum absolute atomic E-state index is 8.77. The molecule has 0 saturated carbocycles.